The van der Waals surface area contributed by atoms with Gasteiger partial charge in [0.05, 0.1) is 6.54 Å². The minimum atomic E-state index is 0. The zero-order valence-corrected chi connectivity index (χ0v) is 18.6. The van der Waals surface area contributed by atoms with Crippen LogP contribution in [0.4, 0.5) is 0 Å². The molecule has 140 valence electrons. The summed E-state index contributed by atoms with van der Waals surface area (Å²) in [6, 6.07) is 6.38. The van der Waals surface area contributed by atoms with E-state index in [1.807, 2.05) is 6.20 Å². The van der Waals surface area contributed by atoms with Gasteiger partial charge in [-0.25, -0.2) is 9.98 Å². The molecule has 0 unspecified atom stereocenters. The largest absolute Gasteiger partial charge is 0.361 e. The van der Waals surface area contributed by atoms with E-state index in [4.69, 9.17) is 0 Å². The molecule has 3 N–H and O–H groups in total. The topological polar surface area (TPSA) is 65.1 Å². The standard InChI is InChI=1S/C19H25N5S.HI/c1-4-20-19(24-12-17-23-10-14(3)25-17)21-9-8-15-11-22-16-7-5-6-13(2)18(15)16;/h5-7,10-11,22H,4,8-9,12H2,1-3H3,(H2,20,21,24);1H. The summed E-state index contributed by atoms with van der Waals surface area (Å²) in [6.07, 6.45) is 4.96. The molecule has 0 aliphatic carbocycles. The van der Waals surface area contributed by atoms with E-state index in [1.165, 1.54) is 26.9 Å². The first-order valence-corrected chi connectivity index (χ1v) is 9.48. The van der Waals surface area contributed by atoms with Gasteiger partial charge in [0, 0.05) is 41.3 Å². The van der Waals surface area contributed by atoms with Crippen molar-refractivity contribution in [3.8, 4) is 0 Å². The second-order valence-electron chi connectivity index (χ2n) is 6.05. The Morgan fingerprint density at radius 3 is 2.85 bits per heavy atom. The van der Waals surface area contributed by atoms with Crippen molar-refractivity contribution in [2.75, 3.05) is 13.1 Å². The smallest absolute Gasteiger partial charge is 0.191 e. The highest BCUT2D eigenvalue weighted by Gasteiger charge is 2.06. The van der Waals surface area contributed by atoms with Crippen LogP contribution in [0.25, 0.3) is 10.9 Å². The van der Waals surface area contributed by atoms with Crippen molar-refractivity contribution in [1.29, 1.82) is 0 Å². The minimum Gasteiger partial charge on any atom is -0.361 e. The summed E-state index contributed by atoms with van der Waals surface area (Å²) in [5.74, 6) is 0.840. The van der Waals surface area contributed by atoms with Crippen LogP contribution >= 0.6 is 35.3 Å². The van der Waals surface area contributed by atoms with Gasteiger partial charge in [0.2, 0.25) is 0 Å². The van der Waals surface area contributed by atoms with Gasteiger partial charge in [0.15, 0.2) is 5.96 Å². The number of benzene rings is 1. The second-order valence-corrected chi connectivity index (χ2v) is 7.37. The van der Waals surface area contributed by atoms with Crippen molar-refractivity contribution in [2.24, 2.45) is 4.99 Å². The van der Waals surface area contributed by atoms with Crippen molar-refractivity contribution in [3.63, 3.8) is 0 Å². The lowest BCUT2D eigenvalue weighted by Crippen LogP contribution is -2.38. The van der Waals surface area contributed by atoms with Gasteiger partial charge >= 0.3 is 0 Å². The number of thiazole rings is 1. The van der Waals surface area contributed by atoms with Gasteiger partial charge in [0.25, 0.3) is 0 Å². The molecule has 3 aromatic rings. The molecule has 0 amide bonds. The minimum absolute atomic E-state index is 0. The molecule has 5 nitrogen and oxygen atoms in total. The van der Waals surface area contributed by atoms with Crippen molar-refractivity contribution in [1.82, 2.24) is 20.6 Å². The summed E-state index contributed by atoms with van der Waals surface area (Å²) in [4.78, 5) is 13.6. The molecule has 0 saturated carbocycles. The van der Waals surface area contributed by atoms with E-state index in [0.29, 0.717) is 6.54 Å². The monoisotopic (exact) mass is 483 g/mol. The molecule has 0 radical (unpaired) electrons. The first kappa shape index (κ1) is 20.7. The number of aryl methyl sites for hydroxylation is 2. The molecular weight excluding hydrogens is 457 g/mol. The van der Waals surface area contributed by atoms with Gasteiger partial charge in [-0.3, -0.25) is 0 Å². The Morgan fingerprint density at radius 1 is 1.27 bits per heavy atom. The molecule has 0 bridgehead atoms. The van der Waals surface area contributed by atoms with E-state index in [0.717, 1.165) is 30.5 Å². The molecule has 3 rings (SSSR count). The van der Waals surface area contributed by atoms with E-state index in [2.05, 4.69) is 70.8 Å². The second kappa shape index (κ2) is 9.91. The van der Waals surface area contributed by atoms with Gasteiger partial charge < -0.3 is 15.6 Å². The lowest BCUT2D eigenvalue weighted by Gasteiger charge is -2.11. The summed E-state index contributed by atoms with van der Waals surface area (Å²) in [5, 5.41) is 9.10. The Morgan fingerprint density at radius 2 is 2.12 bits per heavy atom. The van der Waals surface area contributed by atoms with Crippen molar-refractivity contribution >= 4 is 52.2 Å². The molecule has 0 atom stereocenters. The summed E-state index contributed by atoms with van der Waals surface area (Å²) < 4.78 is 0. The number of hydrogen-bond donors (Lipinski definition) is 3. The number of rotatable bonds is 6. The number of guanidine groups is 1. The van der Waals surface area contributed by atoms with Crippen LogP contribution in [0.1, 0.15) is 27.9 Å². The third-order valence-corrected chi connectivity index (χ3v) is 4.97. The first-order valence-electron chi connectivity index (χ1n) is 8.66. The molecule has 1 aromatic carbocycles. The van der Waals surface area contributed by atoms with E-state index >= 15 is 0 Å². The molecule has 0 aliphatic rings. The lowest BCUT2D eigenvalue weighted by molar-refractivity contribution is 0.801. The van der Waals surface area contributed by atoms with Crippen LogP contribution in [0.2, 0.25) is 0 Å². The van der Waals surface area contributed by atoms with Crippen LogP contribution in [0.5, 0.6) is 0 Å². The fourth-order valence-corrected chi connectivity index (χ4v) is 3.64. The van der Waals surface area contributed by atoms with Crippen molar-refractivity contribution < 1.29 is 0 Å². The van der Waals surface area contributed by atoms with Gasteiger partial charge in [-0.1, -0.05) is 12.1 Å². The number of nitrogens with zero attached hydrogens (tertiary/aromatic N) is 2. The molecule has 0 spiro atoms. The van der Waals surface area contributed by atoms with Crippen LogP contribution in [0.15, 0.2) is 35.6 Å². The summed E-state index contributed by atoms with van der Waals surface area (Å²) in [6.45, 7) is 8.60. The number of H-pyrrole nitrogens is 1. The number of nitrogens with one attached hydrogen (secondary N) is 3. The quantitative estimate of drug-likeness (QED) is 0.280. The molecule has 26 heavy (non-hydrogen) atoms. The Kier molecular flexibility index (Phi) is 7.89. The average molecular weight is 483 g/mol. The maximum Gasteiger partial charge on any atom is 0.191 e. The predicted octanol–water partition coefficient (Wildman–Crippen LogP) is 4.16. The zero-order valence-electron chi connectivity index (χ0n) is 15.4. The third-order valence-electron chi connectivity index (χ3n) is 4.07. The van der Waals surface area contributed by atoms with E-state index in [9.17, 15) is 0 Å². The Bertz CT molecular complexity index is 868. The highest BCUT2D eigenvalue weighted by molar-refractivity contribution is 14.0. The molecule has 2 heterocycles. The van der Waals surface area contributed by atoms with Gasteiger partial charge in [-0.2, -0.15) is 0 Å². The van der Waals surface area contributed by atoms with Crippen LogP contribution in [-0.4, -0.2) is 29.0 Å². The third kappa shape index (κ3) is 5.20. The highest BCUT2D eigenvalue weighted by atomic mass is 127. The predicted molar refractivity (Wildman–Crippen MR) is 122 cm³/mol. The Labute approximate surface area is 175 Å². The summed E-state index contributed by atoms with van der Waals surface area (Å²) in [7, 11) is 0. The van der Waals surface area contributed by atoms with Crippen LogP contribution in [0.3, 0.4) is 0 Å². The molecule has 0 saturated heterocycles. The SMILES string of the molecule is CCNC(=NCc1ncc(C)s1)NCCc1c[nH]c2cccc(C)c12.I. The zero-order chi connectivity index (χ0) is 17.6. The summed E-state index contributed by atoms with van der Waals surface area (Å²) in [5.41, 5.74) is 3.86. The van der Waals surface area contributed by atoms with Crippen molar-refractivity contribution in [3.05, 3.63) is 51.6 Å². The lowest BCUT2D eigenvalue weighted by atomic mass is 10.1. The molecule has 2 aromatic heterocycles. The van der Waals surface area contributed by atoms with Crippen LogP contribution < -0.4 is 10.6 Å². The average Bonchev–Trinajstić information content (AvgIpc) is 3.20. The molecule has 7 heteroatoms. The number of aromatic nitrogens is 2. The molecule has 0 fully saturated rings. The van der Waals surface area contributed by atoms with Crippen molar-refractivity contribution in [2.45, 2.75) is 33.7 Å². The van der Waals surface area contributed by atoms with E-state index in [-0.39, 0.29) is 24.0 Å². The summed E-state index contributed by atoms with van der Waals surface area (Å²) >= 11 is 1.69. The number of halogens is 1. The maximum absolute atomic E-state index is 4.63. The maximum atomic E-state index is 4.63. The highest BCUT2D eigenvalue weighted by Crippen LogP contribution is 2.22. The Balaban J connectivity index is 0.00000243. The number of aromatic amines is 1. The number of fused-ring (bicyclic) bond motifs is 1. The Hall–Kier alpha value is -1.61. The van der Waals surface area contributed by atoms with Crippen LogP contribution in [0, 0.1) is 13.8 Å². The van der Waals surface area contributed by atoms with E-state index < -0.39 is 0 Å². The fourth-order valence-electron chi connectivity index (χ4n) is 2.93. The van der Waals surface area contributed by atoms with Crippen LogP contribution in [-0.2, 0) is 13.0 Å². The number of hydrogen-bond acceptors (Lipinski definition) is 3. The van der Waals surface area contributed by atoms with Gasteiger partial charge in [-0.05, 0) is 44.4 Å². The fraction of sp³-hybridized carbons (Fsp3) is 0.368. The molecular formula is C19H26IN5S. The first-order chi connectivity index (χ1) is 12.2. The van der Waals surface area contributed by atoms with Gasteiger partial charge in [-0.15, -0.1) is 35.3 Å². The normalized spacial score (nSPS) is 11.4. The van der Waals surface area contributed by atoms with E-state index in [1.54, 1.807) is 11.3 Å². The molecule has 0 aliphatic heterocycles. The number of aliphatic imine (C=N–C) groups is 1. The van der Waals surface area contributed by atoms with Gasteiger partial charge in [0.1, 0.15) is 5.01 Å².